The predicted molar refractivity (Wildman–Crippen MR) is 115 cm³/mol. The maximum atomic E-state index is 13.0. The van der Waals surface area contributed by atoms with Crippen LogP contribution in [0.4, 0.5) is 0 Å². The SMILES string of the molecule is CC(c1nc2ccc(Cl)cc2[nH]1)c1cc(C(=O)N2CCCC2C(=O)O)ccc1C(N)=O. The highest BCUT2D eigenvalue weighted by atomic mass is 35.5. The van der Waals surface area contributed by atoms with E-state index >= 15 is 0 Å². The molecule has 0 spiro atoms. The summed E-state index contributed by atoms with van der Waals surface area (Å²) in [5, 5.41) is 9.97. The van der Waals surface area contributed by atoms with E-state index in [0.717, 1.165) is 11.0 Å². The Bertz CT molecular complexity index is 1210. The number of hydrogen-bond acceptors (Lipinski definition) is 4. The number of carboxylic acids is 1. The first-order valence-corrected chi connectivity index (χ1v) is 10.3. The predicted octanol–water partition coefficient (Wildman–Crippen LogP) is 3.16. The van der Waals surface area contributed by atoms with Crippen LogP contribution < -0.4 is 5.73 Å². The number of primary amides is 1. The van der Waals surface area contributed by atoms with Crippen molar-refractivity contribution in [2.45, 2.75) is 31.7 Å². The molecule has 2 unspecified atom stereocenters. The number of hydrogen-bond donors (Lipinski definition) is 3. The van der Waals surface area contributed by atoms with Crippen LogP contribution in [0.2, 0.25) is 5.02 Å². The molecule has 2 aromatic carbocycles. The van der Waals surface area contributed by atoms with E-state index in [9.17, 15) is 19.5 Å². The number of carbonyl (C=O) groups is 3. The monoisotopic (exact) mass is 440 g/mol. The molecule has 9 heteroatoms. The molecule has 1 fully saturated rings. The summed E-state index contributed by atoms with van der Waals surface area (Å²) in [6.45, 7) is 2.23. The van der Waals surface area contributed by atoms with Crippen LogP contribution in [-0.2, 0) is 4.79 Å². The van der Waals surface area contributed by atoms with Crippen LogP contribution in [0.3, 0.4) is 0 Å². The van der Waals surface area contributed by atoms with Gasteiger partial charge in [-0.2, -0.15) is 0 Å². The van der Waals surface area contributed by atoms with Crippen molar-refractivity contribution in [1.29, 1.82) is 0 Å². The molecule has 1 aliphatic heterocycles. The number of amides is 2. The van der Waals surface area contributed by atoms with Crippen LogP contribution in [0.15, 0.2) is 36.4 Å². The Morgan fingerprint density at radius 3 is 2.74 bits per heavy atom. The van der Waals surface area contributed by atoms with Crippen LogP contribution in [0.1, 0.15) is 57.8 Å². The van der Waals surface area contributed by atoms with Gasteiger partial charge in [-0.25, -0.2) is 9.78 Å². The van der Waals surface area contributed by atoms with Crippen molar-refractivity contribution in [3.05, 3.63) is 63.9 Å². The Morgan fingerprint density at radius 1 is 1.26 bits per heavy atom. The van der Waals surface area contributed by atoms with Gasteiger partial charge < -0.3 is 20.7 Å². The summed E-state index contributed by atoms with van der Waals surface area (Å²) in [4.78, 5) is 45.7. The summed E-state index contributed by atoms with van der Waals surface area (Å²) < 4.78 is 0. The van der Waals surface area contributed by atoms with E-state index in [-0.39, 0.29) is 17.4 Å². The lowest BCUT2D eigenvalue weighted by Crippen LogP contribution is -2.40. The minimum Gasteiger partial charge on any atom is -0.480 e. The normalized spacial score (nSPS) is 17.1. The number of carbonyl (C=O) groups excluding carboxylic acids is 2. The number of likely N-dealkylation sites (tertiary alicyclic amines) is 1. The zero-order valence-electron chi connectivity index (χ0n) is 16.8. The summed E-state index contributed by atoms with van der Waals surface area (Å²) in [6, 6.07) is 9.06. The van der Waals surface area contributed by atoms with Crippen molar-refractivity contribution in [1.82, 2.24) is 14.9 Å². The van der Waals surface area contributed by atoms with E-state index in [1.165, 1.54) is 17.0 Å². The number of nitrogens with two attached hydrogens (primary N) is 1. The van der Waals surface area contributed by atoms with E-state index in [1.807, 2.05) is 6.92 Å². The number of aliphatic carboxylic acids is 1. The third-order valence-corrected chi connectivity index (χ3v) is 5.94. The minimum absolute atomic E-state index is 0.277. The Hall–Kier alpha value is -3.39. The molecule has 4 N–H and O–H groups in total. The molecule has 2 heterocycles. The molecule has 0 saturated carbocycles. The van der Waals surface area contributed by atoms with Crippen LogP contribution >= 0.6 is 11.6 Å². The largest absolute Gasteiger partial charge is 0.480 e. The number of nitrogens with zero attached hydrogens (tertiary/aromatic N) is 2. The second kappa shape index (κ2) is 8.03. The number of halogens is 1. The van der Waals surface area contributed by atoms with Gasteiger partial charge in [0.05, 0.1) is 11.0 Å². The van der Waals surface area contributed by atoms with E-state index < -0.39 is 17.9 Å². The Morgan fingerprint density at radius 2 is 2.03 bits per heavy atom. The number of aromatic amines is 1. The van der Waals surface area contributed by atoms with Crippen molar-refractivity contribution in [3.63, 3.8) is 0 Å². The molecule has 160 valence electrons. The molecule has 1 aromatic heterocycles. The molecule has 31 heavy (non-hydrogen) atoms. The van der Waals surface area contributed by atoms with E-state index in [4.69, 9.17) is 17.3 Å². The van der Waals surface area contributed by atoms with Crippen LogP contribution in [-0.4, -0.2) is 50.3 Å². The molecule has 2 atom stereocenters. The third-order valence-electron chi connectivity index (χ3n) is 5.70. The van der Waals surface area contributed by atoms with Gasteiger partial charge in [0.1, 0.15) is 11.9 Å². The Balaban J connectivity index is 1.74. The van der Waals surface area contributed by atoms with Gasteiger partial charge in [-0.3, -0.25) is 9.59 Å². The van der Waals surface area contributed by atoms with Crippen LogP contribution in [0, 0.1) is 0 Å². The van der Waals surface area contributed by atoms with Gasteiger partial charge >= 0.3 is 5.97 Å². The fourth-order valence-corrected chi connectivity index (χ4v) is 4.24. The summed E-state index contributed by atoms with van der Waals surface area (Å²) >= 11 is 6.05. The average Bonchev–Trinajstić information content (AvgIpc) is 3.39. The number of fused-ring (bicyclic) bond motifs is 1. The maximum Gasteiger partial charge on any atom is 0.326 e. The van der Waals surface area contributed by atoms with Gasteiger partial charge in [-0.05, 0) is 54.8 Å². The molecular formula is C22H21ClN4O4. The number of nitrogens with one attached hydrogen (secondary N) is 1. The second-order valence-electron chi connectivity index (χ2n) is 7.67. The molecule has 8 nitrogen and oxygen atoms in total. The van der Waals surface area contributed by atoms with E-state index in [2.05, 4.69) is 9.97 Å². The number of imidazole rings is 1. The molecule has 0 radical (unpaired) electrons. The van der Waals surface area contributed by atoms with Crippen molar-refractivity contribution >= 4 is 40.4 Å². The van der Waals surface area contributed by atoms with Crippen molar-refractivity contribution in [2.24, 2.45) is 5.73 Å². The van der Waals surface area contributed by atoms with Crippen LogP contribution in [0.5, 0.6) is 0 Å². The number of H-pyrrole nitrogens is 1. The molecule has 0 bridgehead atoms. The summed E-state index contributed by atoms with van der Waals surface area (Å²) in [5.74, 6) is -1.81. The molecule has 0 aliphatic carbocycles. The third kappa shape index (κ3) is 3.86. The molecule has 2 amide bonds. The zero-order chi connectivity index (χ0) is 22.3. The molecule has 1 saturated heterocycles. The van der Waals surface area contributed by atoms with E-state index in [1.54, 1.807) is 24.3 Å². The lowest BCUT2D eigenvalue weighted by atomic mass is 9.92. The number of carboxylic acid groups (broad SMARTS) is 1. The standard InChI is InChI=1S/C22H21ClN4O4/c1-11(20-25-16-7-5-13(23)10-17(16)26-20)15-9-12(4-6-14(15)19(24)28)21(29)27-8-2-3-18(27)22(30)31/h4-7,9-11,18H,2-3,8H2,1H3,(H2,24,28)(H,25,26)(H,30,31). The maximum absolute atomic E-state index is 13.0. The van der Waals surface area contributed by atoms with E-state index in [0.29, 0.717) is 41.4 Å². The lowest BCUT2D eigenvalue weighted by Gasteiger charge is -2.22. The highest BCUT2D eigenvalue weighted by molar-refractivity contribution is 6.31. The fraction of sp³-hybridized carbons (Fsp3) is 0.273. The van der Waals surface area contributed by atoms with Crippen molar-refractivity contribution < 1.29 is 19.5 Å². The molecule has 1 aliphatic rings. The number of benzene rings is 2. The minimum atomic E-state index is -1.02. The summed E-state index contributed by atoms with van der Waals surface area (Å²) in [6.07, 6.45) is 1.05. The number of rotatable bonds is 5. The topological polar surface area (TPSA) is 129 Å². The van der Waals surface area contributed by atoms with Gasteiger partial charge in [0, 0.05) is 28.6 Å². The highest BCUT2D eigenvalue weighted by Gasteiger charge is 2.35. The van der Waals surface area contributed by atoms with Crippen LogP contribution in [0.25, 0.3) is 11.0 Å². The first-order valence-electron chi connectivity index (χ1n) is 9.89. The molecule has 4 rings (SSSR count). The fourth-order valence-electron chi connectivity index (χ4n) is 4.06. The summed E-state index contributed by atoms with van der Waals surface area (Å²) in [5.41, 5.74) is 8.17. The van der Waals surface area contributed by atoms with Gasteiger partial charge in [0.25, 0.3) is 5.91 Å². The first-order chi connectivity index (χ1) is 14.8. The smallest absolute Gasteiger partial charge is 0.326 e. The Labute approximate surface area is 183 Å². The van der Waals surface area contributed by atoms with Gasteiger partial charge in [0.15, 0.2) is 0 Å². The Kier molecular flexibility index (Phi) is 5.41. The molecule has 3 aromatic rings. The van der Waals surface area contributed by atoms with Crippen molar-refractivity contribution in [3.8, 4) is 0 Å². The first kappa shape index (κ1) is 20.9. The second-order valence-corrected chi connectivity index (χ2v) is 8.10. The quantitative estimate of drug-likeness (QED) is 0.561. The van der Waals surface area contributed by atoms with Gasteiger partial charge in [0.2, 0.25) is 5.91 Å². The zero-order valence-corrected chi connectivity index (χ0v) is 17.5. The lowest BCUT2D eigenvalue weighted by molar-refractivity contribution is -0.141. The number of aromatic nitrogens is 2. The van der Waals surface area contributed by atoms with Crippen molar-refractivity contribution in [2.75, 3.05) is 6.54 Å². The highest BCUT2D eigenvalue weighted by Crippen LogP contribution is 2.30. The van der Waals surface area contributed by atoms with Gasteiger partial charge in [-0.1, -0.05) is 18.5 Å². The van der Waals surface area contributed by atoms with Gasteiger partial charge in [-0.15, -0.1) is 0 Å². The molecular weight excluding hydrogens is 420 g/mol. The summed E-state index contributed by atoms with van der Waals surface area (Å²) in [7, 11) is 0. The average molecular weight is 441 g/mol.